The number of aliphatic hydroxyl groups excluding tert-OH is 3. The fourth-order valence-electron chi connectivity index (χ4n) is 6.42. The van der Waals surface area contributed by atoms with Crippen molar-refractivity contribution < 1.29 is 78.2 Å². The van der Waals surface area contributed by atoms with E-state index in [-0.39, 0.29) is 40.6 Å². The Morgan fingerprint density at radius 2 is 1.68 bits per heavy atom. The number of phenols is 2. The van der Waals surface area contributed by atoms with E-state index in [9.17, 15) is 45.0 Å². The van der Waals surface area contributed by atoms with Crippen molar-refractivity contribution in [1.82, 2.24) is 0 Å². The molecular weight excluding hydrogens is 664 g/mol. The van der Waals surface area contributed by atoms with Crippen molar-refractivity contribution in [3.63, 3.8) is 0 Å². The normalized spacial score (nSPS) is 30.5. The fraction of sp³-hybridized carbons (Fsp3) is 0.441. The van der Waals surface area contributed by atoms with Gasteiger partial charge in [-0.05, 0) is 48.4 Å². The molecule has 1 saturated heterocycles. The molecule has 16 nitrogen and oxygen atoms in total. The Hall–Kier alpha value is -4.87. The standard InChI is InChI=1S/C34H38O16/c1-15-21(47-32(43)17-5-4-6-18(36)11-17)12-19-20(31(41)42)14-46-33(26(15)19)50-34-30(29(40)28(39)24(13-35)48-34)49-25(37)8-7-16-9-22(44-2)27(38)23(10-16)45-3/h4-11,14-15,19,21,24,26,28-30,33-36,38-40H,12-13H2,1-3H3,(H,41,42)/t15-,19+,21-,24-,26+,28-,29-,30-,33+,34-/m0/s1. The van der Waals surface area contributed by atoms with Gasteiger partial charge >= 0.3 is 17.9 Å². The van der Waals surface area contributed by atoms with Gasteiger partial charge < -0.3 is 63.8 Å². The molecule has 2 heterocycles. The van der Waals surface area contributed by atoms with E-state index < -0.39 is 85.4 Å². The van der Waals surface area contributed by atoms with Gasteiger partial charge in [-0.15, -0.1) is 0 Å². The zero-order valence-electron chi connectivity index (χ0n) is 27.1. The number of phenolic OH excluding ortho intramolecular Hbond substituents is 2. The summed E-state index contributed by atoms with van der Waals surface area (Å²) in [6.07, 6.45) is -6.87. The molecule has 3 aliphatic rings. The van der Waals surface area contributed by atoms with Crippen LogP contribution in [-0.2, 0) is 33.3 Å². The SMILES string of the molecule is COc1cc(C=CC(=O)O[C@@H]2[C@H](O[C@H]3OC=C(C(=O)O)[C@H]4C[C@H](OC(=O)c5cccc(O)c5)[C@H](C)[C@@H]34)O[C@@H](CO)[C@H](O)[C@@H]2O)cc(OC)c1O. The van der Waals surface area contributed by atoms with Crippen molar-refractivity contribution in [2.24, 2.45) is 17.8 Å². The lowest BCUT2D eigenvalue weighted by Gasteiger charge is -2.44. The number of carboxylic acids is 1. The Morgan fingerprint density at radius 3 is 2.30 bits per heavy atom. The number of carbonyl (C=O) groups is 3. The predicted octanol–water partition coefficient (Wildman–Crippen LogP) is 1.32. The largest absolute Gasteiger partial charge is 0.508 e. The minimum atomic E-state index is -1.81. The van der Waals surface area contributed by atoms with E-state index >= 15 is 0 Å². The number of aliphatic hydroxyl groups is 3. The molecule has 0 aromatic heterocycles. The number of carbonyl (C=O) groups excluding carboxylic acids is 2. The molecule has 2 aliphatic heterocycles. The Kier molecular flexibility index (Phi) is 11.2. The molecule has 1 aliphatic carbocycles. The Balaban J connectivity index is 1.36. The van der Waals surface area contributed by atoms with Crippen molar-refractivity contribution in [2.75, 3.05) is 20.8 Å². The van der Waals surface area contributed by atoms with Crippen molar-refractivity contribution in [1.29, 1.82) is 0 Å². The van der Waals surface area contributed by atoms with Crippen LogP contribution in [-0.4, -0.2) is 112 Å². The number of hydrogen-bond donors (Lipinski definition) is 6. The van der Waals surface area contributed by atoms with Gasteiger partial charge in [-0.1, -0.05) is 13.0 Å². The fourth-order valence-corrected chi connectivity index (χ4v) is 6.42. The van der Waals surface area contributed by atoms with Gasteiger partial charge in [0.2, 0.25) is 18.3 Å². The average molecular weight is 703 g/mol. The lowest BCUT2D eigenvalue weighted by molar-refractivity contribution is -0.343. The van der Waals surface area contributed by atoms with Gasteiger partial charge in [-0.25, -0.2) is 14.4 Å². The van der Waals surface area contributed by atoms with E-state index in [4.69, 9.17) is 33.2 Å². The zero-order valence-corrected chi connectivity index (χ0v) is 27.1. The molecule has 10 atom stereocenters. The molecule has 2 aromatic rings. The Bertz CT molecular complexity index is 1610. The smallest absolute Gasteiger partial charge is 0.338 e. The first-order valence-corrected chi connectivity index (χ1v) is 15.6. The van der Waals surface area contributed by atoms with E-state index in [1.807, 2.05) is 0 Å². The minimum Gasteiger partial charge on any atom is -0.508 e. The van der Waals surface area contributed by atoms with Crippen molar-refractivity contribution in [3.05, 3.63) is 65.4 Å². The van der Waals surface area contributed by atoms with Crippen LogP contribution < -0.4 is 9.47 Å². The van der Waals surface area contributed by atoms with Gasteiger partial charge in [-0.3, -0.25) is 0 Å². The summed E-state index contributed by atoms with van der Waals surface area (Å²) in [5, 5.41) is 61.2. The molecular formula is C34H38O16. The zero-order chi connectivity index (χ0) is 36.3. The predicted molar refractivity (Wildman–Crippen MR) is 168 cm³/mol. The van der Waals surface area contributed by atoms with Gasteiger partial charge in [0, 0.05) is 23.8 Å². The second kappa shape index (κ2) is 15.3. The van der Waals surface area contributed by atoms with Gasteiger partial charge in [-0.2, -0.15) is 0 Å². The summed E-state index contributed by atoms with van der Waals surface area (Å²) in [7, 11) is 2.66. The Labute approximate surface area is 285 Å². The lowest BCUT2D eigenvalue weighted by atomic mass is 9.83. The van der Waals surface area contributed by atoms with Crippen molar-refractivity contribution in [2.45, 2.75) is 56.4 Å². The summed E-state index contributed by atoms with van der Waals surface area (Å²) >= 11 is 0. The van der Waals surface area contributed by atoms with Gasteiger partial charge in [0.05, 0.1) is 38.2 Å². The van der Waals surface area contributed by atoms with E-state index in [1.54, 1.807) is 6.92 Å². The number of aromatic hydroxyl groups is 2. The molecule has 5 rings (SSSR count). The first kappa shape index (κ1) is 36.4. The van der Waals surface area contributed by atoms with Crippen molar-refractivity contribution in [3.8, 4) is 23.0 Å². The van der Waals surface area contributed by atoms with Crippen LogP contribution in [0.25, 0.3) is 6.08 Å². The number of rotatable bonds is 11. The third-order valence-corrected chi connectivity index (χ3v) is 9.03. The summed E-state index contributed by atoms with van der Waals surface area (Å²) in [4.78, 5) is 38.1. The number of hydrogen-bond acceptors (Lipinski definition) is 15. The number of methoxy groups -OCH3 is 2. The van der Waals surface area contributed by atoms with Crippen LogP contribution in [0.5, 0.6) is 23.0 Å². The summed E-state index contributed by atoms with van der Waals surface area (Å²) in [5.41, 5.74) is 0.367. The number of aliphatic carboxylic acids is 1. The molecule has 2 aromatic carbocycles. The van der Waals surface area contributed by atoms with Crippen LogP contribution in [0, 0.1) is 17.8 Å². The van der Waals surface area contributed by atoms with E-state index in [0.29, 0.717) is 5.56 Å². The monoisotopic (exact) mass is 702 g/mol. The summed E-state index contributed by atoms with van der Waals surface area (Å²) in [5.74, 6) is -5.31. The molecule has 0 unspecified atom stereocenters. The van der Waals surface area contributed by atoms with Crippen LogP contribution >= 0.6 is 0 Å². The molecule has 50 heavy (non-hydrogen) atoms. The van der Waals surface area contributed by atoms with Crippen LogP contribution in [0.3, 0.4) is 0 Å². The van der Waals surface area contributed by atoms with Crippen LogP contribution in [0.1, 0.15) is 29.3 Å². The molecule has 16 heteroatoms. The number of fused-ring (bicyclic) bond motifs is 1. The number of ether oxygens (including phenoxy) is 7. The van der Waals surface area contributed by atoms with Gasteiger partial charge in [0.1, 0.15) is 30.2 Å². The maximum absolute atomic E-state index is 13.0. The second-order valence-corrected chi connectivity index (χ2v) is 12.0. The highest BCUT2D eigenvalue weighted by molar-refractivity contribution is 5.90. The van der Waals surface area contributed by atoms with Crippen molar-refractivity contribution >= 4 is 24.0 Å². The van der Waals surface area contributed by atoms with Crippen LogP contribution in [0.4, 0.5) is 0 Å². The highest BCUT2D eigenvalue weighted by atomic mass is 16.8. The maximum Gasteiger partial charge on any atom is 0.338 e. The maximum atomic E-state index is 13.0. The van der Waals surface area contributed by atoms with E-state index in [2.05, 4.69) is 0 Å². The first-order valence-electron chi connectivity index (χ1n) is 15.6. The third-order valence-electron chi connectivity index (χ3n) is 9.03. The van der Waals surface area contributed by atoms with Gasteiger partial charge in [0.25, 0.3) is 0 Å². The highest BCUT2D eigenvalue weighted by Crippen LogP contribution is 2.49. The molecule has 0 bridgehead atoms. The summed E-state index contributed by atoms with van der Waals surface area (Å²) in [6, 6.07) is 8.41. The topological polar surface area (TPSA) is 237 Å². The molecule has 0 radical (unpaired) electrons. The highest BCUT2D eigenvalue weighted by Gasteiger charge is 2.55. The molecule has 0 amide bonds. The molecule has 2 fully saturated rings. The minimum absolute atomic E-state index is 0.0727. The second-order valence-electron chi connectivity index (χ2n) is 12.0. The number of esters is 2. The average Bonchev–Trinajstić information content (AvgIpc) is 3.42. The van der Waals surface area contributed by atoms with Gasteiger partial charge in [0.15, 0.2) is 17.6 Å². The molecule has 6 N–H and O–H groups in total. The summed E-state index contributed by atoms with van der Waals surface area (Å²) < 4.78 is 39.0. The van der Waals surface area contributed by atoms with E-state index in [1.165, 1.54) is 56.7 Å². The third kappa shape index (κ3) is 7.49. The van der Waals surface area contributed by atoms with E-state index in [0.717, 1.165) is 12.3 Å². The summed E-state index contributed by atoms with van der Waals surface area (Å²) in [6.45, 7) is 0.968. The van der Waals surface area contributed by atoms with Crippen LogP contribution in [0.15, 0.2) is 54.3 Å². The molecule has 270 valence electrons. The number of carboxylic acid groups (broad SMARTS) is 1. The van der Waals surface area contributed by atoms with Crippen LogP contribution in [0.2, 0.25) is 0 Å². The molecule has 0 spiro atoms. The quantitative estimate of drug-likeness (QED) is 0.143. The molecule has 1 saturated carbocycles. The lowest BCUT2D eigenvalue weighted by Crippen LogP contribution is -2.61. The number of benzene rings is 2. The Morgan fingerprint density at radius 1 is 0.980 bits per heavy atom. The first-order chi connectivity index (χ1) is 23.9.